The lowest BCUT2D eigenvalue weighted by molar-refractivity contribution is 0.671. The summed E-state index contributed by atoms with van der Waals surface area (Å²) >= 11 is 0. The van der Waals surface area contributed by atoms with Crippen molar-refractivity contribution in [3.63, 3.8) is 0 Å². The van der Waals surface area contributed by atoms with Crippen molar-refractivity contribution in [3.8, 4) is 16.8 Å². The Kier molecular flexibility index (Phi) is 5.53. The average Bonchev–Trinajstić information content (AvgIpc) is 3.77. The largest absolute Gasteiger partial charge is 0.454 e. The Bertz CT molecular complexity index is 3450. The third kappa shape index (κ3) is 3.63. The van der Waals surface area contributed by atoms with Crippen molar-refractivity contribution in [2.75, 3.05) is 0 Å². The minimum atomic E-state index is 0.902. The Morgan fingerprint density at radius 2 is 0.885 bits per heavy atom. The Balaban J connectivity index is 1.24. The first kappa shape index (κ1) is 27.9. The molecule has 0 bridgehead atoms. The van der Waals surface area contributed by atoms with E-state index in [9.17, 15) is 0 Å². The first-order chi connectivity index (χ1) is 25.8. The van der Waals surface area contributed by atoms with Gasteiger partial charge in [0.1, 0.15) is 5.58 Å². The minimum Gasteiger partial charge on any atom is -0.454 e. The molecule has 10 aromatic carbocycles. The monoisotopic (exact) mass is 659 g/mol. The highest BCUT2D eigenvalue weighted by Gasteiger charge is 2.25. The summed E-state index contributed by atoms with van der Waals surface area (Å²) in [6.45, 7) is 0. The summed E-state index contributed by atoms with van der Waals surface area (Å²) in [5.74, 6) is 0. The number of para-hydroxylation sites is 2. The van der Waals surface area contributed by atoms with E-state index in [1.54, 1.807) is 0 Å². The van der Waals surface area contributed by atoms with Gasteiger partial charge >= 0.3 is 0 Å². The molecule has 0 spiro atoms. The van der Waals surface area contributed by atoms with Gasteiger partial charge in [0.2, 0.25) is 0 Å². The van der Waals surface area contributed by atoms with Crippen LogP contribution in [0.2, 0.25) is 0 Å². The average molecular weight is 660 g/mol. The molecule has 240 valence electrons. The van der Waals surface area contributed by atoms with E-state index in [0.29, 0.717) is 0 Å². The maximum Gasteiger partial charge on any atom is 0.160 e. The number of aromatic nitrogens is 1. The van der Waals surface area contributed by atoms with E-state index in [4.69, 9.17) is 4.42 Å². The van der Waals surface area contributed by atoms with Gasteiger partial charge in [0.15, 0.2) is 5.58 Å². The zero-order valence-electron chi connectivity index (χ0n) is 28.1. The molecule has 0 saturated carbocycles. The summed E-state index contributed by atoms with van der Waals surface area (Å²) in [5, 5.41) is 17.4. The smallest absolute Gasteiger partial charge is 0.160 e. The van der Waals surface area contributed by atoms with Crippen LogP contribution in [0.25, 0.3) is 114 Å². The van der Waals surface area contributed by atoms with Crippen LogP contribution in [0.4, 0.5) is 0 Å². The van der Waals surface area contributed by atoms with Gasteiger partial charge in [-0.3, -0.25) is 0 Å². The number of nitrogens with zero attached hydrogens (tertiary/aromatic N) is 1. The number of hydrogen-bond donors (Lipinski definition) is 0. The van der Waals surface area contributed by atoms with Gasteiger partial charge in [-0.25, -0.2) is 0 Å². The van der Waals surface area contributed by atoms with Crippen LogP contribution in [0.15, 0.2) is 180 Å². The van der Waals surface area contributed by atoms with Crippen LogP contribution in [0.3, 0.4) is 0 Å². The molecule has 0 amide bonds. The van der Waals surface area contributed by atoms with Crippen LogP contribution in [-0.2, 0) is 0 Å². The van der Waals surface area contributed by atoms with Gasteiger partial charge < -0.3 is 8.98 Å². The zero-order chi connectivity index (χ0) is 33.9. The molecule has 0 fully saturated rings. The molecule has 2 aromatic heterocycles. The van der Waals surface area contributed by atoms with Gasteiger partial charge in [0.05, 0.1) is 11.0 Å². The van der Waals surface area contributed by atoms with Gasteiger partial charge in [0, 0.05) is 38.0 Å². The van der Waals surface area contributed by atoms with Crippen molar-refractivity contribution in [3.05, 3.63) is 176 Å². The third-order valence-corrected chi connectivity index (χ3v) is 11.3. The van der Waals surface area contributed by atoms with Crippen LogP contribution in [0.5, 0.6) is 0 Å². The van der Waals surface area contributed by atoms with E-state index in [-0.39, 0.29) is 0 Å². The molecule has 2 heteroatoms. The summed E-state index contributed by atoms with van der Waals surface area (Å²) in [4.78, 5) is 0. The van der Waals surface area contributed by atoms with Crippen molar-refractivity contribution in [2.24, 2.45) is 0 Å². The van der Waals surface area contributed by atoms with E-state index in [1.165, 1.54) is 81.1 Å². The minimum absolute atomic E-state index is 0.902. The summed E-state index contributed by atoms with van der Waals surface area (Å²) in [6.07, 6.45) is 0. The fourth-order valence-corrected chi connectivity index (χ4v) is 9.18. The quantitative estimate of drug-likeness (QED) is 0.169. The Morgan fingerprint density at radius 3 is 1.60 bits per heavy atom. The number of hydrogen-bond acceptors (Lipinski definition) is 1. The maximum absolute atomic E-state index is 6.99. The summed E-state index contributed by atoms with van der Waals surface area (Å²) in [5.41, 5.74) is 7.63. The second-order valence-electron chi connectivity index (χ2n) is 14.0. The van der Waals surface area contributed by atoms with E-state index in [2.05, 4.69) is 180 Å². The standard InChI is InChI=1S/C50H29NO/c1-2-14-33-31(13-1)29-42(37-18-4-3-15-34(33)37)30-25-27-32(28-26-30)51-43-23-11-9-21-40(43)47-45-38-19-7-5-16-35(38)36-17-6-8-20-39(36)46(45)48-41-22-10-12-24-44(41)52-50(48)49(47)51/h1-29H. The Hall–Kier alpha value is -6.90. The van der Waals surface area contributed by atoms with Crippen LogP contribution in [0.1, 0.15) is 0 Å². The molecule has 0 aliphatic carbocycles. The molecule has 12 rings (SSSR count). The molecule has 2 heterocycles. The predicted octanol–water partition coefficient (Wildman–Crippen LogP) is 14.1. The molecule has 0 aliphatic heterocycles. The summed E-state index contributed by atoms with van der Waals surface area (Å²) < 4.78 is 9.42. The second kappa shape index (κ2) is 10.3. The summed E-state index contributed by atoms with van der Waals surface area (Å²) in [7, 11) is 0. The SMILES string of the molecule is c1ccc2c(c1)cc(-c1ccc(-n3c4ccccc4c4c5c6ccccc6c6ccccc6c5c5c6ccccc6oc5c43)cc1)c1ccccc12. The van der Waals surface area contributed by atoms with E-state index >= 15 is 0 Å². The zero-order valence-corrected chi connectivity index (χ0v) is 28.1. The van der Waals surface area contributed by atoms with Crippen molar-refractivity contribution in [1.82, 2.24) is 4.57 Å². The number of fused-ring (bicyclic) bond motifs is 18. The van der Waals surface area contributed by atoms with Gasteiger partial charge in [-0.2, -0.15) is 0 Å². The lowest BCUT2D eigenvalue weighted by Crippen LogP contribution is -1.95. The van der Waals surface area contributed by atoms with Crippen molar-refractivity contribution in [1.29, 1.82) is 0 Å². The highest BCUT2D eigenvalue weighted by atomic mass is 16.3. The fourth-order valence-electron chi connectivity index (χ4n) is 9.18. The first-order valence-electron chi connectivity index (χ1n) is 17.9. The number of rotatable bonds is 2. The van der Waals surface area contributed by atoms with Crippen molar-refractivity contribution in [2.45, 2.75) is 0 Å². The molecule has 0 aliphatic rings. The topological polar surface area (TPSA) is 18.1 Å². The third-order valence-electron chi connectivity index (χ3n) is 11.3. The fraction of sp³-hybridized carbons (Fsp3) is 0. The second-order valence-corrected chi connectivity index (χ2v) is 14.0. The number of furan rings is 1. The van der Waals surface area contributed by atoms with Gasteiger partial charge in [-0.05, 0) is 84.5 Å². The molecular weight excluding hydrogens is 631 g/mol. The van der Waals surface area contributed by atoms with Crippen LogP contribution >= 0.6 is 0 Å². The van der Waals surface area contributed by atoms with E-state index in [1.807, 2.05) is 0 Å². The molecular formula is C50H29NO. The molecule has 12 aromatic rings. The molecule has 52 heavy (non-hydrogen) atoms. The predicted molar refractivity (Wildman–Crippen MR) is 221 cm³/mol. The molecule has 0 radical (unpaired) electrons. The van der Waals surface area contributed by atoms with Crippen LogP contribution in [-0.4, -0.2) is 4.57 Å². The first-order valence-corrected chi connectivity index (χ1v) is 17.9. The molecule has 0 N–H and O–H groups in total. The van der Waals surface area contributed by atoms with Gasteiger partial charge in [-0.1, -0.05) is 146 Å². The van der Waals surface area contributed by atoms with Gasteiger partial charge in [-0.15, -0.1) is 0 Å². The molecule has 0 saturated heterocycles. The molecule has 0 atom stereocenters. The van der Waals surface area contributed by atoms with Gasteiger partial charge in [0.25, 0.3) is 0 Å². The highest BCUT2D eigenvalue weighted by Crippen LogP contribution is 2.50. The Morgan fingerprint density at radius 1 is 0.365 bits per heavy atom. The lowest BCUT2D eigenvalue weighted by atomic mass is 9.89. The molecule has 0 unspecified atom stereocenters. The lowest BCUT2D eigenvalue weighted by Gasteiger charge is -2.15. The number of benzene rings is 10. The van der Waals surface area contributed by atoms with Crippen molar-refractivity contribution >= 4 is 97.6 Å². The van der Waals surface area contributed by atoms with Crippen LogP contribution < -0.4 is 0 Å². The normalized spacial score (nSPS) is 12.2. The van der Waals surface area contributed by atoms with E-state index < -0.39 is 0 Å². The van der Waals surface area contributed by atoms with Crippen LogP contribution in [0, 0.1) is 0 Å². The maximum atomic E-state index is 6.99. The Labute approximate surface area is 298 Å². The summed E-state index contributed by atoms with van der Waals surface area (Å²) in [6, 6.07) is 64.1. The van der Waals surface area contributed by atoms with Crippen molar-refractivity contribution < 1.29 is 4.42 Å². The van der Waals surface area contributed by atoms with E-state index in [0.717, 1.165) is 33.3 Å². The highest BCUT2D eigenvalue weighted by molar-refractivity contribution is 6.44. The molecule has 2 nitrogen and oxygen atoms in total.